The Bertz CT molecular complexity index is 947. The fraction of sp³-hybridized carbons (Fsp3) is 0.462. The van der Waals surface area contributed by atoms with Gasteiger partial charge in [-0.25, -0.2) is 4.79 Å². The van der Waals surface area contributed by atoms with E-state index in [9.17, 15) is 14.7 Å². The van der Waals surface area contributed by atoms with Crippen LogP contribution in [0.15, 0.2) is 48.5 Å². The summed E-state index contributed by atoms with van der Waals surface area (Å²) < 4.78 is 5.87. The molecular weight excluding hydrogens is 390 g/mol. The quantitative estimate of drug-likeness (QED) is 0.734. The highest BCUT2D eigenvalue weighted by Gasteiger charge is 2.42. The molecule has 2 aliphatic carbocycles. The summed E-state index contributed by atoms with van der Waals surface area (Å²) in [6.07, 6.45) is 5.01. The zero-order valence-corrected chi connectivity index (χ0v) is 17.8. The molecule has 5 nitrogen and oxygen atoms in total. The molecule has 3 aliphatic rings. The van der Waals surface area contributed by atoms with Crippen molar-refractivity contribution in [2.24, 2.45) is 11.3 Å². The van der Waals surface area contributed by atoms with Gasteiger partial charge in [-0.2, -0.15) is 0 Å². The number of carbonyl (C=O) groups is 2. The number of piperidine rings is 1. The number of carboxylic acid groups (broad SMARTS) is 1. The number of amides is 1. The average molecular weight is 420 g/mol. The van der Waals surface area contributed by atoms with Gasteiger partial charge in [0.1, 0.15) is 6.61 Å². The number of carbonyl (C=O) groups excluding carboxylic acids is 1. The molecule has 2 aromatic carbocycles. The summed E-state index contributed by atoms with van der Waals surface area (Å²) in [6, 6.07) is 16.7. The number of ether oxygens (including phenoxy) is 1. The summed E-state index contributed by atoms with van der Waals surface area (Å²) in [5, 5.41) is 9.29. The monoisotopic (exact) mass is 419 g/mol. The van der Waals surface area contributed by atoms with E-state index in [4.69, 9.17) is 4.74 Å². The maximum Gasteiger partial charge on any atom is 0.409 e. The first kappa shape index (κ1) is 20.1. The van der Waals surface area contributed by atoms with Crippen LogP contribution in [0.4, 0.5) is 4.79 Å². The largest absolute Gasteiger partial charge is 0.481 e. The number of benzene rings is 2. The smallest absolute Gasteiger partial charge is 0.409 e. The molecule has 5 heteroatoms. The molecule has 1 aliphatic heterocycles. The van der Waals surface area contributed by atoms with Crippen molar-refractivity contribution in [2.75, 3.05) is 19.7 Å². The molecule has 162 valence electrons. The molecule has 2 aromatic rings. The van der Waals surface area contributed by atoms with E-state index in [1.807, 2.05) is 17.0 Å². The first-order valence-electron chi connectivity index (χ1n) is 11.4. The summed E-state index contributed by atoms with van der Waals surface area (Å²) in [5.74, 6) is -0.837. The van der Waals surface area contributed by atoms with Crippen molar-refractivity contribution >= 4 is 12.1 Å². The van der Waals surface area contributed by atoms with Gasteiger partial charge in [-0.05, 0) is 66.2 Å². The fourth-order valence-electron chi connectivity index (χ4n) is 5.93. The number of rotatable bonds is 3. The van der Waals surface area contributed by atoms with Crippen LogP contribution in [-0.2, 0) is 9.53 Å². The molecule has 2 fully saturated rings. The summed E-state index contributed by atoms with van der Waals surface area (Å²) in [4.78, 5) is 26.1. The number of hydrogen-bond donors (Lipinski definition) is 1. The Balaban J connectivity index is 1.25. The molecule has 0 unspecified atom stereocenters. The molecule has 31 heavy (non-hydrogen) atoms. The second-order valence-corrected chi connectivity index (χ2v) is 9.44. The average Bonchev–Trinajstić information content (AvgIpc) is 3.11. The minimum Gasteiger partial charge on any atom is -0.481 e. The molecule has 1 heterocycles. The lowest BCUT2D eigenvalue weighted by atomic mass is 9.66. The number of nitrogens with zero attached hydrogens (tertiary/aromatic N) is 1. The predicted molar refractivity (Wildman–Crippen MR) is 118 cm³/mol. The SMILES string of the molecule is O=C(O)C1CCC2(CCCN(C(=O)OCC3c4ccccc4-c4ccccc43)C2)CC1. The Hall–Kier alpha value is -2.82. The van der Waals surface area contributed by atoms with Gasteiger partial charge in [-0.15, -0.1) is 0 Å². The molecule has 0 radical (unpaired) electrons. The van der Waals surface area contributed by atoms with E-state index < -0.39 is 5.97 Å². The Morgan fingerprint density at radius 2 is 1.58 bits per heavy atom. The third-order valence-electron chi connectivity index (χ3n) is 7.65. The Labute approximate surface area is 183 Å². The van der Waals surface area contributed by atoms with Crippen LogP contribution in [0, 0.1) is 11.3 Å². The first-order chi connectivity index (χ1) is 15.1. The van der Waals surface area contributed by atoms with Crippen LogP contribution in [0.3, 0.4) is 0 Å². The highest BCUT2D eigenvalue weighted by Crippen LogP contribution is 2.46. The van der Waals surface area contributed by atoms with Crippen molar-refractivity contribution in [3.05, 3.63) is 59.7 Å². The van der Waals surface area contributed by atoms with Crippen LogP contribution < -0.4 is 0 Å². The molecule has 5 rings (SSSR count). The maximum atomic E-state index is 13.0. The van der Waals surface area contributed by atoms with Crippen molar-refractivity contribution in [1.29, 1.82) is 0 Å². The van der Waals surface area contributed by atoms with Gasteiger partial charge in [0, 0.05) is 19.0 Å². The second-order valence-electron chi connectivity index (χ2n) is 9.44. The van der Waals surface area contributed by atoms with Crippen LogP contribution in [0.5, 0.6) is 0 Å². The van der Waals surface area contributed by atoms with Gasteiger partial charge in [-0.3, -0.25) is 4.79 Å². The van der Waals surface area contributed by atoms with Gasteiger partial charge in [0.15, 0.2) is 0 Å². The number of aliphatic carboxylic acids is 1. The molecule has 1 N–H and O–H groups in total. The van der Waals surface area contributed by atoms with Crippen molar-refractivity contribution in [3.63, 3.8) is 0 Å². The molecule has 1 saturated carbocycles. The van der Waals surface area contributed by atoms with Gasteiger partial charge in [0.05, 0.1) is 5.92 Å². The number of fused-ring (bicyclic) bond motifs is 3. The van der Waals surface area contributed by atoms with Crippen LogP contribution in [0.1, 0.15) is 55.6 Å². The van der Waals surface area contributed by atoms with Gasteiger partial charge < -0.3 is 14.7 Å². The number of hydrogen-bond acceptors (Lipinski definition) is 3. The molecular formula is C26H29NO4. The van der Waals surface area contributed by atoms with Crippen LogP contribution in [0.2, 0.25) is 0 Å². The standard InChI is InChI=1S/C26H29NO4/c28-24(29)18-10-13-26(14-11-18)12-5-15-27(17-26)25(30)31-16-23-21-8-3-1-6-19(21)20-7-2-4-9-22(20)23/h1-4,6-9,18,23H,5,10-17H2,(H,28,29). The van der Waals surface area contributed by atoms with Gasteiger partial charge in [-0.1, -0.05) is 48.5 Å². The minimum atomic E-state index is -0.681. The highest BCUT2D eigenvalue weighted by atomic mass is 16.6. The maximum absolute atomic E-state index is 13.0. The zero-order chi connectivity index (χ0) is 21.4. The lowest BCUT2D eigenvalue weighted by Crippen LogP contribution is -2.48. The number of likely N-dealkylation sites (tertiary alicyclic amines) is 1. The Morgan fingerprint density at radius 1 is 0.968 bits per heavy atom. The van der Waals surface area contributed by atoms with Crippen molar-refractivity contribution in [1.82, 2.24) is 4.90 Å². The van der Waals surface area contributed by atoms with E-state index in [1.165, 1.54) is 22.3 Å². The third-order valence-corrected chi connectivity index (χ3v) is 7.65. The van der Waals surface area contributed by atoms with E-state index in [2.05, 4.69) is 36.4 Å². The molecule has 0 bridgehead atoms. The van der Waals surface area contributed by atoms with Gasteiger partial charge >= 0.3 is 12.1 Å². The molecule has 1 saturated heterocycles. The van der Waals surface area contributed by atoms with Gasteiger partial charge in [0.25, 0.3) is 0 Å². The van der Waals surface area contributed by atoms with E-state index in [0.717, 1.165) is 32.2 Å². The van der Waals surface area contributed by atoms with Crippen LogP contribution >= 0.6 is 0 Å². The number of carboxylic acids is 1. The first-order valence-corrected chi connectivity index (χ1v) is 11.4. The van der Waals surface area contributed by atoms with Crippen LogP contribution in [0.25, 0.3) is 11.1 Å². The summed E-state index contributed by atoms with van der Waals surface area (Å²) in [5.41, 5.74) is 4.96. The molecule has 0 atom stereocenters. The predicted octanol–water partition coefficient (Wildman–Crippen LogP) is 5.29. The molecule has 1 amide bonds. The van der Waals surface area contributed by atoms with E-state index in [0.29, 0.717) is 26.0 Å². The summed E-state index contributed by atoms with van der Waals surface area (Å²) in [6.45, 7) is 1.76. The Kier molecular flexibility index (Phi) is 5.20. The van der Waals surface area contributed by atoms with E-state index in [1.54, 1.807) is 0 Å². The van der Waals surface area contributed by atoms with Gasteiger partial charge in [0.2, 0.25) is 0 Å². The zero-order valence-electron chi connectivity index (χ0n) is 17.8. The van der Waals surface area contributed by atoms with E-state index >= 15 is 0 Å². The van der Waals surface area contributed by atoms with Crippen LogP contribution in [-0.4, -0.2) is 41.8 Å². The summed E-state index contributed by atoms with van der Waals surface area (Å²) >= 11 is 0. The summed E-state index contributed by atoms with van der Waals surface area (Å²) in [7, 11) is 0. The Morgan fingerprint density at radius 3 is 2.19 bits per heavy atom. The van der Waals surface area contributed by atoms with Crippen molar-refractivity contribution < 1.29 is 19.4 Å². The molecule has 0 aromatic heterocycles. The normalized spacial score (nSPS) is 25.2. The highest BCUT2D eigenvalue weighted by molar-refractivity contribution is 5.79. The molecule has 1 spiro atoms. The third kappa shape index (κ3) is 3.71. The second kappa shape index (κ2) is 8.03. The topological polar surface area (TPSA) is 66.8 Å². The van der Waals surface area contributed by atoms with Crippen molar-refractivity contribution in [2.45, 2.75) is 44.4 Å². The minimum absolute atomic E-state index is 0.0653. The van der Waals surface area contributed by atoms with E-state index in [-0.39, 0.29) is 23.3 Å². The lowest BCUT2D eigenvalue weighted by Gasteiger charge is -2.45. The lowest BCUT2D eigenvalue weighted by molar-refractivity contribution is -0.144. The van der Waals surface area contributed by atoms with Crippen molar-refractivity contribution in [3.8, 4) is 11.1 Å². The fourth-order valence-corrected chi connectivity index (χ4v) is 5.93.